The topological polar surface area (TPSA) is 47.4 Å². The van der Waals surface area contributed by atoms with Crippen molar-refractivity contribution in [1.29, 1.82) is 0 Å². The Kier molecular flexibility index (Phi) is 5.16. The SMILES string of the molecule is Cc1ccc(N2C[C@H](c3nc4ccccc4n3CCOc3ccccc3)CC2=O)cc1. The zero-order valence-corrected chi connectivity index (χ0v) is 17.6. The van der Waals surface area contributed by atoms with Crippen LogP contribution >= 0.6 is 0 Å². The highest BCUT2D eigenvalue weighted by Crippen LogP contribution is 2.33. The molecule has 2 heterocycles. The van der Waals surface area contributed by atoms with Crippen LogP contribution in [0.2, 0.25) is 0 Å². The molecule has 0 saturated carbocycles. The average Bonchev–Trinajstić information content (AvgIpc) is 3.36. The summed E-state index contributed by atoms with van der Waals surface area (Å²) in [6.07, 6.45) is 0.469. The Hall–Kier alpha value is -3.60. The Morgan fingerprint density at radius 1 is 0.968 bits per heavy atom. The molecule has 31 heavy (non-hydrogen) atoms. The van der Waals surface area contributed by atoms with E-state index in [-0.39, 0.29) is 11.8 Å². The van der Waals surface area contributed by atoms with Crippen LogP contribution in [0.25, 0.3) is 11.0 Å². The van der Waals surface area contributed by atoms with Crippen molar-refractivity contribution >= 4 is 22.6 Å². The van der Waals surface area contributed by atoms with Gasteiger partial charge in [0.1, 0.15) is 18.2 Å². The van der Waals surface area contributed by atoms with Gasteiger partial charge in [0.25, 0.3) is 0 Å². The third-order valence-electron chi connectivity index (χ3n) is 5.85. The number of para-hydroxylation sites is 3. The number of imidazole rings is 1. The summed E-state index contributed by atoms with van der Waals surface area (Å²) < 4.78 is 8.16. The molecule has 156 valence electrons. The number of hydrogen-bond acceptors (Lipinski definition) is 3. The lowest BCUT2D eigenvalue weighted by molar-refractivity contribution is -0.117. The maximum Gasteiger partial charge on any atom is 0.227 e. The smallest absolute Gasteiger partial charge is 0.227 e. The summed E-state index contributed by atoms with van der Waals surface area (Å²) in [5.41, 5.74) is 4.18. The number of ether oxygens (including phenoxy) is 1. The number of fused-ring (bicyclic) bond motifs is 1. The summed E-state index contributed by atoms with van der Waals surface area (Å²) in [6.45, 7) is 3.92. The quantitative estimate of drug-likeness (QED) is 0.451. The van der Waals surface area contributed by atoms with Gasteiger partial charge in [-0.3, -0.25) is 4.79 Å². The van der Waals surface area contributed by atoms with Crippen LogP contribution in [0, 0.1) is 6.92 Å². The molecule has 0 N–H and O–H groups in total. The number of nitrogens with zero attached hydrogens (tertiary/aromatic N) is 3. The van der Waals surface area contributed by atoms with Crippen molar-refractivity contribution < 1.29 is 9.53 Å². The predicted molar refractivity (Wildman–Crippen MR) is 123 cm³/mol. The minimum absolute atomic E-state index is 0.0536. The molecule has 1 aliphatic rings. The number of aryl methyl sites for hydroxylation is 1. The van der Waals surface area contributed by atoms with Crippen molar-refractivity contribution in [2.45, 2.75) is 25.8 Å². The highest BCUT2D eigenvalue weighted by atomic mass is 16.5. The van der Waals surface area contributed by atoms with E-state index in [1.807, 2.05) is 77.7 Å². The van der Waals surface area contributed by atoms with Gasteiger partial charge in [-0.05, 0) is 43.3 Å². The number of rotatable bonds is 6. The monoisotopic (exact) mass is 411 g/mol. The van der Waals surface area contributed by atoms with Crippen LogP contribution in [-0.4, -0.2) is 28.6 Å². The molecule has 3 aromatic carbocycles. The molecule has 1 aromatic heterocycles. The standard InChI is InChI=1S/C26H25N3O2/c1-19-11-13-21(14-12-19)29-18-20(17-25(29)30)26-27-23-9-5-6-10-24(23)28(26)15-16-31-22-7-3-2-4-8-22/h2-14,20H,15-18H2,1H3/t20-/m1/s1. The van der Waals surface area contributed by atoms with Gasteiger partial charge < -0.3 is 14.2 Å². The van der Waals surface area contributed by atoms with Gasteiger partial charge in [0.05, 0.1) is 17.6 Å². The normalized spacial score (nSPS) is 16.2. The molecule has 1 atom stereocenters. The van der Waals surface area contributed by atoms with E-state index in [2.05, 4.69) is 17.6 Å². The second kappa shape index (κ2) is 8.26. The molecular formula is C26H25N3O2. The zero-order chi connectivity index (χ0) is 21.2. The number of amides is 1. The van der Waals surface area contributed by atoms with E-state index >= 15 is 0 Å². The molecule has 0 unspecified atom stereocenters. The van der Waals surface area contributed by atoms with Gasteiger partial charge in [-0.15, -0.1) is 0 Å². The summed E-state index contributed by atoms with van der Waals surface area (Å²) in [7, 11) is 0. The predicted octanol–water partition coefficient (Wildman–Crippen LogP) is 4.94. The molecule has 1 amide bonds. The molecule has 5 nitrogen and oxygen atoms in total. The fraction of sp³-hybridized carbons (Fsp3) is 0.231. The Morgan fingerprint density at radius 2 is 1.71 bits per heavy atom. The van der Waals surface area contributed by atoms with Crippen LogP contribution in [0.3, 0.4) is 0 Å². The second-order valence-corrected chi connectivity index (χ2v) is 8.01. The first-order chi connectivity index (χ1) is 15.2. The van der Waals surface area contributed by atoms with E-state index < -0.39 is 0 Å². The first-order valence-electron chi connectivity index (χ1n) is 10.7. The molecular weight excluding hydrogens is 386 g/mol. The van der Waals surface area contributed by atoms with Crippen molar-refractivity contribution in [1.82, 2.24) is 9.55 Å². The van der Waals surface area contributed by atoms with Crippen LogP contribution in [0.5, 0.6) is 5.75 Å². The lowest BCUT2D eigenvalue weighted by Gasteiger charge is -2.18. The number of carbonyl (C=O) groups excluding carboxylic acids is 1. The van der Waals surface area contributed by atoms with Crippen molar-refractivity contribution in [3.63, 3.8) is 0 Å². The average molecular weight is 412 g/mol. The number of aromatic nitrogens is 2. The van der Waals surface area contributed by atoms with Gasteiger partial charge in [-0.1, -0.05) is 48.0 Å². The first-order valence-corrected chi connectivity index (χ1v) is 10.7. The van der Waals surface area contributed by atoms with Crippen LogP contribution in [-0.2, 0) is 11.3 Å². The third-order valence-corrected chi connectivity index (χ3v) is 5.85. The molecule has 0 spiro atoms. The Labute approximate surface area is 181 Å². The molecule has 0 bridgehead atoms. The zero-order valence-electron chi connectivity index (χ0n) is 17.6. The van der Waals surface area contributed by atoms with Gasteiger partial charge in [0, 0.05) is 24.6 Å². The van der Waals surface area contributed by atoms with Crippen molar-refractivity contribution in [2.75, 3.05) is 18.1 Å². The van der Waals surface area contributed by atoms with E-state index in [1.165, 1.54) is 5.56 Å². The molecule has 0 aliphatic carbocycles. The van der Waals surface area contributed by atoms with Gasteiger partial charge in [0.15, 0.2) is 0 Å². The van der Waals surface area contributed by atoms with Gasteiger partial charge in [-0.2, -0.15) is 0 Å². The van der Waals surface area contributed by atoms with E-state index in [1.54, 1.807) is 0 Å². The Morgan fingerprint density at radius 3 is 2.52 bits per heavy atom. The van der Waals surface area contributed by atoms with E-state index in [9.17, 15) is 4.79 Å². The van der Waals surface area contributed by atoms with E-state index in [0.717, 1.165) is 28.3 Å². The summed E-state index contributed by atoms with van der Waals surface area (Å²) >= 11 is 0. The van der Waals surface area contributed by atoms with Crippen molar-refractivity contribution in [2.24, 2.45) is 0 Å². The molecule has 1 aliphatic heterocycles. The van der Waals surface area contributed by atoms with E-state index in [0.29, 0.717) is 26.1 Å². The van der Waals surface area contributed by atoms with Crippen LogP contribution in [0.1, 0.15) is 23.7 Å². The van der Waals surface area contributed by atoms with Gasteiger partial charge in [0.2, 0.25) is 5.91 Å². The molecule has 5 heteroatoms. The minimum atomic E-state index is 0.0536. The van der Waals surface area contributed by atoms with Crippen LogP contribution in [0.4, 0.5) is 5.69 Å². The summed E-state index contributed by atoms with van der Waals surface area (Å²) in [5, 5.41) is 0. The molecule has 0 radical (unpaired) electrons. The summed E-state index contributed by atoms with van der Waals surface area (Å²) in [6, 6.07) is 26.1. The lowest BCUT2D eigenvalue weighted by Crippen LogP contribution is -2.24. The highest BCUT2D eigenvalue weighted by molar-refractivity contribution is 5.96. The maximum absolute atomic E-state index is 12.8. The highest BCUT2D eigenvalue weighted by Gasteiger charge is 2.34. The Bertz CT molecular complexity index is 1200. The molecule has 5 rings (SSSR count). The number of carbonyl (C=O) groups is 1. The van der Waals surface area contributed by atoms with Crippen molar-refractivity contribution in [3.8, 4) is 5.75 Å². The van der Waals surface area contributed by atoms with E-state index in [4.69, 9.17) is 9.72 Å². The minimum Gasteiger partial charge on any atom is -0.492 e. The lowest BCUT2D eigenvalue weighted by atomic mass is 10.1. The fourth-order valence-corrected chi connectivity index (χ4v) is 4.27. The summed E-state index contributed by atoms with van der Waals surface area (Å²) in [5.74, 6) is 2.02. The number of anilines is 1. The molecule has 1 saturated heterocycles. The largest absolute Gasteiger partial charge is 0.492 e. The fourth-order valence-electron chi connectivity index (χ4n) is 4.27. The summed E-state index contributed by atoms with van der Waals surface area (Å²) in [4.78, 5) is 19.6. The van der Waals surface area contributed by atoms with Crippen LogP contribution in [0.15, 0.2) is 78.9 Å². The number of benzene rings is 3. The second-order valence-electron chi connectivity index (χ2n) is 8.01. The van der Waals surface area contributed by atoms with Crippen LogP contribution < -0.4 is 9.64 Å². The molecule has 4 aromatic rings. The number of hydrogen-bond donors (Lipinski definition) is 0. The maximum atomic E-state index is 12.8. The van der Waals surface area contributed by atoms with Gasteiger partial charge in [-0.25, -0.2) is 4.98 Å². The molecule has 1 fully saturated rings. The van der Waals surface area contributed by atoms with Gasteiger partial charge >= 0.3 is 0 Å². The van der Waals surface area contributed by atoms with Crippen molar-refractivity contribution in [3.05, 3.63) is 90.3 Å². The third kappa shape index (κ3) is 3.91. The first kappa shape index (κ1) is 19.4. The Balaban J connectivity index is 1.40.